The Labute approximate surface area is 190 Å². The minimum atomic E-state index is -0.859. The van der Waals surface area contributed by atoms with Crippen LogP contribution in [-0.4, -0.2) is 56.5 Å². The number of likely N-dealkylation sites (tertiary alicyclic amines) is 1. The van der Waals surface area contributed by atoms with Gasteiger partial charge in [-0.05, 0) is 71.9 Å². The van der Waals surface area contributed by atoms with Gasteiger partial charge in [0, 0.05) is 17.6 Å². The summed E-state index contributed by atoms with van der Waals surface area (Å²) >= 11 is 0. The van der Waals surface area contributed by atoms with Gasteiger partial charge in [-0.2, -0.15) is 0 Å². The molecule has 1 heterocycles. The average molecular weight is 438 g/mol. The van der Waals surface area contributed by atoms with E-state index in [1.807, 2.05) is 13.0 Å². The van der Waals surface area contributed by atoms with E-state index in [0.29, 0.717) is 12.1 Å². The van der Waals surface area contributed by atoms with Crippen LogP contribution >= 0.6 is 0 Å². The lowest BCUT2D eigenvalue weighted by molar-refractivity contribution is -0.0858. The van der Waals surface area contributed by atoms with Gasteiger partial charge in [0.1, 0.15) is 0 Å². The molecule has 1 aliphatic rings. The summed E-state index contributed by atoms with van der Waals surface area (Å²) in [5.41, 5.74) is 2.24. The highest BCUT2D eigenvalue weighted by atomic mass is 16.4. The summed E-state index contributed by atoms with van der Waals surface area (Å²) in [6, 6.07) is 5.30. The normalized spacial score (nSPS) is 17.9. The summed E-state index contributed by atoms with van der Waals surface area (Å²) in [4.78, 5) is 12.8. The number of hydrogen-bond donors (Lipinski definition) is 3. The molecule has 180 valence electrons. The minimum Gasteiger partial charge on any atom is -0.478 e. The Morgan fingerprint density at radius 3 is 1.97 bits per heavy atom. The molecule has 1 aromatic carbocycles. The molecule has 0 aromatic heterocycles. The van der Waals surface area contributed by atoms with Gasteiger partial charge >= 0.3 is 5.97 Å². The van der Waals surface area contributed by atoms with Gasteiger partial charge in [0.15, 0.2) is 0 Å². The monoisotopic (exact) mass is 437 g/mol. The number of benzene rings is 1. The predicted molar refractivity (Wildman–Crippen MR) is 130 cm³/mol. The Hall–Kier alpha value is -1.43. The minimum absolute atomic E-state index is 0.0239. The van der Waals surface area contributed by atoms with Crippen molar-refractivity contribution < 1.29 is 20.1 Å². The number of carbonyl (C=O) groups is 1. The molecule has 0 aliphatic carbocycles. The Morgan fingerprint density at radius 1 is 1.13 bits per heavy atom. The second kappa shape index (κ2) is 13.2. The van der Waals surface area contributed by atoms with Crippen molar-refractivity contribution in [2.75, 3.05) is 13.2 Å². The molecule has 0 bridgehead atoms. The quantitative estimate of drug-likeness (QED) is 0.572. The maximum absolute atomic E-state index is 10.5. The van der Waals surface area contributed by atoms with Gasteiger partial charge in [0.25, 0.3) is 0 Å². The van der Waals surface area contributed by atoms with E-state index in [-0.39, 0.29) is 23.8 Å². The first-order chi connectivity index (χ1) is 14.2. The third kappa shape index (κ3) is 10.6. The van der Waals surface area contributed by atoms with Crippen LogP contribution in [0.15, 0.2) is 18.2 Å². The zero-order chi connectivity index (χ0) is 24.4. The molecule has 1 fully saturated rings. The first-order valence-corrected chi connectivity index (χ1v) is 11.5. The molecular weight excluding hydrogens is 390 g/mol. The third-order valence-electron chi connectivity index (χ3n) is 5.73. The van der Waals surface area contributed by atoms with Crippen molar-refractivity contribution >= 4 is 5.97 Å². The predicted octanol–water partition coefficient (Wildman–Crippen LogP) is 5.44. The Morgan fingerprint density at radius 2 is 1.65 bits per heavy atom. The van der Waals surface area contributed by atoms with E-state index < -0.39 is 5.97 Å². The molecule has 2 rings (SSSR count). The third-order valence-corrected chi connectivity index (χ3v) is 5.73. The number of aryl methyl sites for hydroxylation is 2. The van der Waals surface area contributed by atoms with Crippen molar-refractivity contribution in [3.8, 4) is 0 Å². The molecule has 0 saturated carbocycles. The van der Waals surface area contributed by atoms with E-state index in [2.05, 4.69) is 53.4 Å². The highest BCUT2D eigenvalue weighted by molar-refractivity contribution is 5.89. The number of hydrogen-bond acceptors (Lipinski definition) is 4. The van der Waals surface area contributed by atoms with Crippen LogP contribution in [0.1, 0.15) is 95.6 Å². The van der Waals surface area contributed by atoms with Crippen molar-refractivity contribution in [1.29, 1.82) is 0 Å². The number of aliphatic hydroxyl groups excluding tert-OH is 2. The van der Waals surface area contributed by atoms with Crippen molar-refractivity contribution in [2.45, 2.75) is 105 Å². The SMILES string of the molecule is CC1(C)CC(O)CC(C)(C)N1CCO.CCCC(C)C.Cc1ccc(C(=O)O)c(C)c1. The van der Waals surface area contributed by atoms with Crippen molar-refractivity contribution in [1.82, 2.24) is 4.90 Å². The molecule has 1 saturated heterocycles. The van der Waals surface area contributed by atoms with Crippen LogP contribution in [0.25, 0.3) is 0 Å². The number of aliphatic hydroxyl groups is 2. The molecule has 0 radical (unpaired) electrons. The van der Waals surface area contributed by atoms with Gasteiger partial charge < -0.3 is 15.3 Å². The lowest BCUT2D eigenvalue weighted by Gasteiger charge is -2.54. The van der Waals surface area contributed by atoms with Crippen LogP contribution in [0.5, 0.6) is 0 Å². The maximum Gasteiger partial charge on any atom is 0.335 e. The molecule has 5 heteroatoms. The summed E-state index contributed by atoms with van der Waals surface area (Å²) in [5.74, 6) is 0.0394. The fraction of sp³-hybridized carbons (Fsp3) is 0.731. The molecule has 3 N–H and O–H groups in total. The Balaban J connectivity index is 0.000000472. The summed E-state index contributed by atoms with van der Waals surface area (Å²) in [7, 11) is 0. The number of β-amino-alcohol motifs (C(OH)–C–C–N with tert-alkyl or cyclic N) is 1. The van der Waals surface area contributed by atoms with Crippen molar-refractivity contribution in [3.63, 3.8) is 0 Å². The van der Waals surface area contributed by atoms with Crippen LogP contribution in [-0.2, 0) is 0 Å². The zero-order valence-corrected chi connectivity index (χ0v) is 21.3. The van der Waals surface area contributed by atoms with Gasteiger partial charge in [-0.3, -0.25) is 4.90 Å². The smallest absolute Gasteiger partial charge is 0.335 e. The number of carboxylic acid groups (broad SMARTS) is 1. The summed E-state index contributed by atoms with van der Waals surface area (Å²) in [6.45, 7) is 19.9. The lowest BCUT2D eigenvalue weighted by atomic mass is 9.78. The van der Waals surface area contributed by atoms with E-state index in [0.717, 1.165) is 29.9 Å². The van der Waals surface area contributed by atoms with Crippen LogP contribution < -0.4 is 0 Å². The number of rotatable bonds is 5. The van der Waals surface area contributed by atoms with Gasteiger partial charge in [-0.25, -0.2) is 4.79 Å². The van der Waals surface area contributed by atoms with E-state index in [1.54, 1.807) is 19.1 Å². The second-order valence-electron chi connectivity index (χ2n) is 10.4. The highest BCUT2D eigenvalue weighted by Crippen LogP contribution is 2.37. The lowest BCUT2D eigenvalue weighted by Crippen LogP contribution is -2.62. The van der Waals surface area contributed by atoms with E-state index >= 15 is 0 Å². The highest BCUT2D eigenvalue weighted by Gasteiger charge is 2.44. The Bertz CT molecular complexity index is 649. The van der Waals surface area contributed by atoms with Crippen LogP contribution in [0.2, 0.25) is 0 Å². The maximum atomic E-state index is 10.5. The number of nitrogens with zero attached hydrogens (tertiary/aromatic N) is 1. The fourth-order valence-corrected chi connectivity index (χ4v) is 4.60. The first-order valence-electron chi connectivity index (χ1n) is 11.5. The molecule has 0 unspecified atom stereocenters. The van der Waals surface area contributed by atoms with Crippen LogP contribution in [0, 0.1) is 19.8 Å². The average Bonchev–Trinajstić information content (AvgIpc) is 2.57. The molecular formula is C26H47NO4. The largest absolute Gasteiger partial charge is 0.478 e. The second-order valence-corrected chi connectivity index (χ2v) is 10.4. The number of carboxylic acids is 1. The molecule has 1 aliphatic heterocycles. The summed E-state index contributed by atoms with van der Waals surface area (Å²) < 4.78 is 0. The molecule has 1 aromatic rings. The molecule has 0 atom stereocenters. The molecule has 31 heavy (non-hydrogen) atoms. The van der Waals surface area contributed by atoms with Gasteiger partial charge in [0.2, 0.25) is 0 Å². The number of aromatic carboxylic acids is 1. The molecule has 5 nitrogen and oxygen atoms in total. The van der Waals surface area contributed by atoms with Gasteiger partial charge in [-0.15, -0.1) is 0 Å². The first kappa shape index (κ1) is 29.6. The summed E-state index contributed by atoms with van der Waals surface area (Å²) in [6.07, 6.45) is 4.07. The van der Waals surface area contributed by atoms with Crippen molar-refractivity contribution in [2.24, 2.45) is 5.92 Å². The number of piperidine rings is 1. The molecule has 0 amide bonds. The van der Waals surface area contributed by atoms with Gasteiger partial charge in [0.05, 0.1) is 18.3 Å². The van der Waals surface area contributed by atoms with E-state index in [4.69, 9.17) is 10.2 Å². The van der Waals surface area contributed by atoms with Gasteiger partial charge in [-0.1, -0.05) is 51.3 Å². The Kier molecular flexibility index (Phi) is 12.6. The summed E-state index contributed by atoms with van der Waals surface area (Å²) in [5, 5.41) is 27.5. The zero-order valence-electron chi connectivity index (χ0n) is 21.3. The molecule has 0 spiro atoms. The topological polar surface area (TPSA) is 81.0 Å². The van der Waals surface area contributed by atoms with Crippen molar-refractivity contribution in [3.05, 3.63) is 34.9 Å². The van der Waals surface area contributed by atoms with E-state index in [1.165, 1.54) is 12.8 Å². The van der Waals surface area contributed by atoms with Crippen LogP contribution in [0.4, 0.5) is 0 Å². The van der Waals surface area contributed by atoms with Crippen LogP contribution in [0.3, 0.4) is 0 Å². The standard InChI is InChI=1S/C11H23NO2.C9H10O2.C6H14/c1-10(2)7-9(14)8-11(3,4)12(10)5-6-13;1-6-3-4-8(9(10)11)7(2)5-6;1-4-5-6(2)3/h9,13-14H,5-8H2,1-4H3;3-5H,1-2H3,(H,10,11);6H,4-5H2,1-3H3. The van der Waals surface area contributed by atoms with E-state index in [9.17, 15) is 9.90 Å². The fourth-order valence-electron chi connectivity index (χ4n) is 4.60.